The van der Waals surface area contributed by atoms with E-state index in [0.29, 0.717) is 17.9 Å². The van der Waals surface area contributed by atoms with Crippen molar-refractivity contribution in [3.63, 3.8) is 0 Å². The highest BCUT2D eigenvalue weighted by atomic mass is 79.9. The van der Waals surface area contributed by atoms with Crippen molar-refractivity contribution < 1.29 is 9.53 Å². The fourth-order valence-corrected chi connectivity index (χ4v) is 3.42. The van der Waals surface area contributed by atoms with E-state index in [-0.39, 0.29) is 5.91 Å². The number of hydrogen-bond donors (Lipinski definition) is 1. The van der Waals surface area contributed by atoms with Crippen molar-refractivity contribution in [1.29, 1.82) is 0 Å². The summed E-state index contributed by atoms with van der Waals surface area (Å²) in [5.41, 5.74) is 4.03. The van der Waals surface area contributed by atoms with Crippen LogP contribution in [-0.4, -0.2) is 12.1 Å². The second kappa shape index (κ2) is 8.60. The number of ether oxygens (including phenoxy) is 1. The molecule has 0 atom stereocenters. The highest BCUT2D eigenvalue weighted by Crippen LogP contribution is 2.21. The lowest BCUT2D eigenvalue weighted by atomic mass is 10.2. The zero-order chi connectivity index (χ0) is 17.5. The normalized spacial score (nSPS) is 10.8. The minimum Gasteiger partial charge on any atom is -0.488 e. The quantitative estimate of drug-likeness (QED) is 0.462. The lowest BCUT2D eigenvalue weighted by Gasteiger charge is -2.10. The molecule has 25 heavy (non-hydrogen) atoms. The van der Waals surface area contributed by atoms with Crippen LogP contribution in [0.1, 0.15) is 20.8 Å². The van der Waals surface area contributed by atoms with Crippen LogP contribution in [0.3, 0.4) is 0 Å². The average Bonchev–Trinajstić information content (AvgIpc) is 3.06. The standard InChI is InChI=1S/C19H15BrN2O2S/c20-18-11-10-15(25-18)12-21-22-19(23)16-8-4-5-9-17(16)24-13-14-6-2-1-3-7-14/h1-12H,13H2,(H,22,23)/b21-12-. The first kappa shape index (κ1) is 17.4. The lowest BCUT2D eigenvalue weighted by Crippen LogP contribution is -2.18. The van der Waals surface area contributed by atoms with Crippen molar-refractivity contribution >= 4 is 39.4 Å². The molecule has 0 saturated carbocycles. The van der Waals surface area contributed by atoms with Crippen LogP contribution in [0.5, 0.6) is 5.75 Å². The molecule has 6 heteroatoms. The summed E-state index contributed by atoms with van der Waals surface area (Å²) in [7, 11) is 0. The van der Waals surface area contributed by atoms with Crippen LogP contribution < -0.4 is 10.2 Å². The average molecular weight is 415 g/mol. The van der Waals surface area contributed by atoms with Crippen molar-refractivity contribution in [2.75, 3.05) is 0 Å². The van der Waals surface area contributed by atoms with Gasteiger partial charge < -0.3 is 4.74 Å². The molecule has 1 N–H and O–H groups in total. The van der Waals surface area contributed by atoms with E-state index < -0.39 is 0 Å². The molecule has 3 aromatic rings. The molecular weight excluding hydrogens is 400 g/mol. The first-order valence-corrected chi connectivity index (χ1v) is 9.18. The maximum atomic E-state index is 12.4. The molecule has 1 heterocycles. The Hall–Kier alpha value is -2.44. The van der Waals surface area contributed by atoms with E-state index in [9.17, 15) is 4.79 Å². The molecule has 0 aliphatic heterocycles. The van der Waals surface area contributed by atoms with Gasteiger partial charge in [0.1, 0.15) is 12.4 Å². The predicted molar refractivity (Wildman–Crippen MR) is 104 cm³/mol. The van der Waals surface area contributed by atoms with Crippen molar-refractivity contribution in [3.05, 3.63) is 86.5 Å². The minimum atomic E-state index is -0.310. The molecule has 0 aliphatic carbocycles. The third-order valence-corrected chi connectivity index (χ3v) is 4.88. The Morgan fingerprint density at radius 1 is 1.08 bits per heavy atom. The lowest BCUT2D eigenvalue weighted by molar-refractivity contribution is 0.0950. The number of para-hydroxylation sites is 1. The van der Waals surface area contributed by atoms with Gasteiger partial charge >= 0.3 is 0 Å². The van der Waals surface area contributed by atoms with Gasteiger partial charge in [-0.25, -0.2) is 5.43 Å². The first-order valence-electron chi connectivity index (χ1n) is 7.57. The SMILES string of the molecule is O=C(N/N=C\c1ccc(Br)s1)c1ccccc1OCc1ccccc1. The fourth-order valence-electron chi connectivity index (χ4n) is 2.13. The summed E-state index contributed by atoms with van der Waals surface area (Å²) in [4.78, 5) is 13.3. The number of hydrogen-bond acceptors (Lipinski definition) is 4. The summed E-state index contributed by atoms with van der Waals surface area (Å²) in [5.74, 6) is 0.216. The number of carbonyl (C=O) groups is 1. The van der Waals surface area contributed by atoms with E-state index in [4.69, 9.17) is 4.74 Å². The molecule has 126 valence electrons. The summed E-state index contributed by atoms with van der Waals surface area (Å²) in [6.07, 6.45) is 1.61. The largest absolute Gasteiger partial charge is 0.488 e. The molecule has 0 radical (unpaired) electrons. The number of nitrogens with one attached hydrogen (secondary N) is 1. The topological polar surface area (TPSA) is 50.7 Å². The molecule has 0 unspecified atom stereocenters. The van der Waals surface area contributed by atoms with E-state index in [0.717, 1.165) is 14.2 Å². The maximum absolute atomic E-state index is 12.4. The third kappa shape index (κ3) is 5.01. The van der Waals surface area contributed by atoms with E-state index in [1.54, 1.807) is 24.4 Å². The van der Waals surface area contributed by atoms with Crippen LogP contribution in [0.25, 0.3) is 0 Å². The van der Waals surface area contributed by atoms with Crippen molar-refractivity contribution in [2.45, 2.75) is 6.61 Å². The minimum absolute atomic E-state index is 0.310. The summed E-state index contributed by atoms with van der Waals surface area (Å²) in [6.45, 7) is 0.400. The van der Waals surface area contributed by atoms with Gasteiger partial charge in [0.2, 0.25) is 0 Å². The van der Waals surface area contributed by atoms with Gasteiger partial charge in [0.25, 0.3) is 5.91 Å². The van der Waals surface area contributed by atoms with Crippen molar-refractivity contribution in [3.8, 4) is 5.75 Å². The molecule has 0 fully saturated rings. The second-order valence-electron chi connectivity index (χ2n) is 5.11. The molecule has 3 rings (SSSR count). The van der Waals surface area contributed by atoms with Gasteiger partial charge in [-0.3, -0.25) is 4.79 Å². The van der Waals surface area contributed by atoms with E-state index in [1.165, 1.54) is 11.3 Å². The monoisotopic (exact) mass is 414 g/mol. The number of carbonyl (C=O) groups excluding carboxylic acids is 1. The Morgan fingerprint density at radius 3 is 2.60 bits per heavy atom. The summed E-state index contributed by atoms with van der Waals surface area (Å²) in [6, 6.07) is 20.8. The third-order valence-electron chi connectivity index (χ3n) is 3.32. The van der Waals surface area contributed by atoms with Gasteiger partial charge in [0.05, 0.1) is 15.6 Å². The van der Waals surface area contributed by atoms with Crippen molar-refractivity contribution in [1.82, 2.24) is 5.43 Å². The molecule has 0 aliphatic rings. The number of halogens is 1. The summed E-state index contributed by atoms with van der Waals surface area (Å²) in [5, 5.41) is 4.00. The van der Waals surface area contributed by atoms with Gasteiger partial charge in [-0.1, -0.05) is 42.5 Å². The number of amides is 1. The number of rotatable bonds is 6. The Labute approximate surface area is 158 Å². The van der Waals surface area contributed by atoms with Crippen molar-refractivity contribution in [2.24, 2.45) is 5.10 Å². The molecule has 0 spiro atoms. The smallest absolute Gasteiger partial charge is 0.275 e. The Bertz CT molecular complexity index is 878. The van der Waals surface area contributed by atoms with Crippen LogP contribution >= 0.6 is 27.3 Å². The van der Waals surface area contributed by atoms with Crippen LogP contribution in [0.15, 0.2) is 75.6 Å². The maximum Gasteiger partial charge on any atom is 0.275 e. The molecule has 0 bridgehead atoms. The predicted octanol–water partition coefficient (Wildman–Crippen LogP) is 4.85. The Balaban J connectivity index is 1.65. The Morgan fingerprint density at radius 2 is 1.84 bits per heavy atom. The molecular formula is C19H15BrN2O2S. The first-order chi connectivity index (χ1) is 12.2. The van der Waals surface area contributed by atoms with Gasteiger partial charge in [-0.15, -0.1) is 11.3 Å². The number of hydrazone groups is 1. The van der Waals surface area contributed by atoms with Crippen LogP contribution in [0.4, 0.5) is 0 Å². The van der Waals surface area contributed by atoms with Gasteiger partial charge in [0.15, 0.2) is 0 Å². The summed E-state index contributed by atoms with van der Waals surface area (Å²) >= 11 is 4.92. The van der Waals surface area contributed by atoms with Gasteiger partial charge in [-0.05, 0) is 45.8 Å². The molecule has 0 saturated heterocycles. The summed E-state index contributed by atoms with van der Waals surface area (Å²) < 4.78 is 6.81. The molecule has 1 aromatic heterocycles. The van der Waals surface area contributed by atoms with E-state index in [1.807, 2.05) is 48.5 Å². The highest BCUT2D eigenvalue weighted by molar-refractivity contribution is 9.11. The number of benzene rings is 2. The highest BCUT2D eigenvalue weighted by Gasteiger charge is 2.11. The second-order valence-corrected chi connectivity index (χ2v) is 7.61. The van der Waals surface area contributed by atoms with Gasteiger partial charge in [-0.2, -0.15) is 5.10 Å². The molecule has 1 amide bonds. The zero-order valence-electron chi connectivity index (χ0n) is 13.2. The van der Waals surface area contributed by atoms with Crippen LogP contribution in [0, 0.1) is 0 Å². The number of thiophene rings is 1. The fraction of sp³-hybridized carbons (Fsp3) is 0.0526. The molecule has 2 aromatic carbocycles. The van der Waals surface area contributed by atoms with Crippen LogP contribution in [0.2, 0.25) is 0 Å². The Kier molecular flexibility index (Phi) is 5.98. The van der Waals surface area contributed by atoms with E-state index in [2.05, 4.69) is 26.5 Å². The molecule has 4 nitrogen and oxygen atoms in total. The van der Waals surface area contributed by atoms with E-state index >= 15 is 0 Å². The van der Waals surface area contributed by atoms with Gasteiger partial charge in [0, 0.05) is 4.88 Å². The zero-order valence-corrected chi connectivity index (χ0v) is 15.6. The van der Waals surface area contributed by atoms with Crippen LogP contribution in [-0.2, 0) is 6.61 Å². The number of nitrogens with zero attached hydrogens (tertiary/aromatic N) is 1.